The number of rotatable bonds is 3. The second-order valence-electron chi connectivity index (χ2n) is 3.32. The van der Waals surface area contributed by atoms with Crippen LogP contribution >= 0.6 is 0 Å². The maximum atomic E-state index is 9.79. The van der Waals surface area contributed by atoms with Crippen LogP contribution in [0, 0.1) is 0 Å². The number of nitrogens with zero attached hydrogens (tertiary/aromatic N) is 6. The van der Waals surface area contributed by atoms with Crippen LogP contribution in [0.1, 0.15) is 31.1 Å². The Labute approximate surface area is 168 Å². The van der Waals surface area contributed by atoms with E-state index in [0.29, 0.717) is 35.5 Å². The Kier molecular flexibility index (Phi) is 19.8. The van der Waals surface area contributed by atoms with Crippen LogP contribution in [-0.4, -0.2) is 34.2 Å². The molecule has 0 aliphatic rings. The molecule has 0 unspecified atom stereocenters. The van der Waals surface area contributed by atoms with E-state index < -0.39 is 0 Å². The van der Waals surface area contributed by atoms with Crippen molar-refractivity contribution in [3.63, 3.8) is 0 Å². The molecular weight excluding hydrogens is 467 g/mol. The molecule has 3 rings (SSSR count). The molecule has 3 heterocycles. The summed E-state index contributed by atoms with van der Waals surface area (Å²) < 4.78 is 0. The molecule has 0 amide bonds. The van der Waals surface area contributed by atoms with Crippen molar-refractivity contribution in [3.05, 3.63) is 53.9 Å². The molecule has 0 aliphatic heterocycles. The molecule has 0 radical (unpaired) electrons. The molecule has 9 nitrogen and oxygen atoms in total. The van der Waals surface area contributed by atoms with E-state index in [2.05, 4.69) is 30.6 Å². The molecular formula is C12H9Cu3N6O3. The van der Waals surface area contributed by atoms with Crippen LogP contribution < -0.4 is 15.3 Å². The zero-order chi connectivity index (χ0) is 15.3. The predicted octanol–water partition coefficient (Wildman–Crippen LogP) is -0.454. The van der Waals surface area contributed by atoms with Crippen molar-refractivity contribution in [2.75, 3.05) is 0 Å². The summed E-state index contributed by atoms with van der Waals surface area (Å²) >= 11 is 0. The first-order valence-electron chi connectivity index (χ1n) is 5.45. The van der Waals surface area contributed by atoms with Crippen molar-refractivity contribution < 1.29 is 65.6 Å². The average molecular weight is 476 g/mol. The van der Waals surface area contributed by atoms with Gasteiger partial charge >= 0.3 is 51.2 Å². The molecule has 24 heavy (non-hydrogen) atoms. The van der Waals surface area contributed by atoms with Crippen molar-refractivity contribution in [1.29, 1.82) is 0 Å². The number of carbonyl (C=O) groups is 3. The third-order valence-corrected chi connectivity index (χ3v) is 1.85. The number of carbonyl (C=O) groups excluding carboxylic acids is 3. The molecule has 0 fully saturated rings. The quantitative estimate of drug-likeness (QED) is 0.364. The molecule has 3 aromatic heterocycles. The van der Waals surface area contributed by atoms with E-state index in [4.69, 9.17) is 0 Å². The van der Waals surface area contributed by atoms with Gasteiger partial charge in [0.05, 0.1) is 0 Å². The van der Waals surface area contributed by atoms with Crippen LogP contribution in [-0.2, 0) is 51.2 Å². The topological polar surface area (TPSA) is 132 Å². The fourth-order valence-electron chi connectivity index (χ4n) is 0.883. The van der Waals surface area contributed by atoms with Crippen LogP contribution in [0.15, 0.2) is 37.2 Å². The van der Waals surface area contributed by atoms with E-state index in [-0.39, 0.29) is 51.2 Å². The molecule has 138 valence electrons. The van der Waals surface area contributed by atoms with Crippen LogP contribution in [0.3, 0.4) is 0 Å². The predicted molar refractivity (Wildman–Crippen MR) is 68.8 cm³/mol. The van der Waals surface area contributed by atoms with Crippen LogP contribution in [0.4, 0.5) is 0 Å². The number of hydrogen-bond acceptors (Lipinski definition) is 6. The van der Waals surface area contributed by atoms with Gasteiger partial charge in [0.25, 0.3) is 0 Å². The molecule has 0 saturated heterocycles. The number of aldehydes is 3. The monoisotopic (exact) mass is 474 g/mol. The zero-order valence-electron chi connectivity index (χ0n) is 11.5. The Bertz CT molecular complexity index is 538. The minimum absolute atomic E-state index is 0. The van der Waals surface area contributed by atoms with Gasteiger partial charge < -0.3 is 30.6 Å². The SMILES string of the molecule is O=Cc1cn[n-]c1.O=Cc1cn[n-]c1.O=Cc1cn[n-]c1.[Cu+].[Cu+].[Cu+]. The summed E-state index contributed by atoms with van der Waals surface area (Å²) in [6.45, 7) is 0. The van der Waals surface area contributed by atoms with Gasteiger partial charge in [-0.2, -0.15) is 0 Å². The summed E-state index contributed by atoms with van der Waals surface area (Å²) in [4.78, 5) is 29.4. The Morgan fingerprint density at radius 1 is 0.583 bits per heavy atom. The molecule has 3 aromatic rings. The van der Waals surface area contributed by atoms with Gasteiger partial charge in [-0.1, -0.05) is 0 Å². The van der Waals surface area contributed by atoms with Crippen molar-refractivity contribution in [1.82, 2.24) is 30.6 Å². The van der Waals surface area contributed by atoms with E-state index in [9.17, 15) is 14.4 Å². The second kappa shape index (κ2) is 17.6. The van der Waals surface area contributed by atoms with Crippen LogP contribution in [0.25, 0.3) is 0 Å². The average Bonchev–Trinajstić information content (AvgIpc) is 3.31. The molecule has 0 aliphatic carbocycles. The Morgan fingerprint density at radius 3 is 0.917 bits per heavy atom. The van der Waals surface area contributed by atoms with Gasteiger partial charge in [0.1, 0.15) is 18.9 Å². The maximum Gasteiger partial charge on any atom is 1.00 e. The van der Waals surface area contributed by atoms with E-state index in [1.807, 2.05) is 0 Å². The van der Waals surface area contributed by atoms with Crippen LogP contribution in [0.2, 0.25) is 0 Å². The van der Waals surface area contributed by atoms with E-state index in [1.165, 1.54) is 37.2 Å². The Morgan fingerprint density at radius 2 is 0.833 bits per heavy atom. The largest absolute Gasteiger partial charge is 1.00 e. The third kappa shape index (κ3) is 11.7. The van der Waals surface area contributed by atoms with E-state index in [1.54, 1.807) is 0 Å². The molecule has 0 aromatic carbocycles. The Hall–Kier alpha value is -1.80. The molecule has 0 bridgehead atoms. The summed E-state index contributed by atoms with van der Waals surface area (Å²) in [6.07, 6.45) is 10.6. The van der Waals surface area contributed by atoms with Gasteiger partial charge in [0, 0.05) is 35.3 Å². The number of hydrogen-bond donors (Lipinski definition) is 0. The first-order chi connectivity index (χ1) is 10.3. The van der Waals surface area contributed by atoms with Crippen molar-refractivity contribution in [2.45, 2.75) is 0 Å². The summed E-state index contributed by atoms with van der Waals surface area (Å²) in [6, 6.07) is 0. The minimum Gasteiger partial charge on any atom is -0.581 e. The molecule has 0 saturated carbocycles. The minimum atomic E-state index is 0. The van der Waals surface area contributed by atoms with Gasteiger partial charge in [-0.05, 0) is 0 Å². The molecule has 0 atom stereocenters. The standard InChI is InChI=1S/3C4H4N2O.3Cu/c3*7-3-4-1-5-6-2-4;;;/h3*1-3H,(H,5,6,7);;;/q;;;3*+1/p-3. The first-order valence-corrected chi connectivity index (χ1v) is 5.45. The number of aromatic nitrogens is 6. The van der Waals surface area contributed by atoms with Gasteiger partial charge in [0.15, 0.2) is 0 Å². The van der Waals surface area contributed by atoms with Crippen LogP contribution in [0.5, 0.6) is 0 Å². The Balaban J connectivity index is -0.000000259. The van der Waals surface area contributed by atoms with Gasteiger partial charge in [-0.15, -0.1) is 18.6 Å². The zero-order valence-corrected chi connectivity index (χ0v) is 14.3. The molecule has 12 heteroatoms. The second-order valence-corrected chi connectivity index (χ2v) is 3.32. The summed E-state index contributed by atoms with van der Waals surface area (Å²) in [5, 5.41) is 20.5. The fourth-order valence-corrected chi connectivity index (χ4v) is 0.883. The fraction of sp³-hybridized carbons (Fsp3) is 0. The van der Waals surface area contributed by atoms with Crippen molar-refractivity contribution >= 4 is 18.9 Å². The molecule has 0 N–H and O–H groups in total. The molecule has 0 spiro atoms. The summed E-state index contributed by atoms with van der Waals surface area (Å²) in [5.74, 6) is 0. The normalized spacial score (nSPS) is 7.50. The van der Waals surface area contributed by atoms with Gasteiger partial charge in [0.2, 0.25) is 0 Å². The van der Waals surface area contributed by atoms with Gasteiger partial charge in [-0.25, -0.2) is 0 Å². The van der Waals surface area contributed by atoms with Crippen molar-refractivity contribution in [2.24, 2.45) is 0 Å². The smallest absolute Gasteiger partial charge is 0.581 e. The van der Waals surface area contributed by atoms with E-state index in [0.717, 1.165) is 0 Å². The van der Waals surface area contributed by atoms with Crippen molar-refractivity contribution in [3.8, 4) is 0 Å². The van der Waals surface area contributed by atoms with Gasteiger partial charge in [-0.3, -0.25) is 14.4 Å². The summed E-state index contributed by atoms with van der Waals surface area (Å²) in [5.41, 5.74) is 1.58. The maximum absolute atomic E-state index is 9.79. The van der Waals surface area contributed by atoms with E-state index >= 15 is 0 Å². The summed E-state index contributed by atoms with van der Waals surface area (Å²) in [7, 11) is 0. The third-order valence-electron chi connectivity index (χ3n) is 1.85. The first kappa shape index (κ1) is 27.1.